The Morgan fingerprint density at radius 1 is 1.17 bits per heavy atom. The summed E-state index contributed by atoms with van der Waals surface area (Å²) in [5.74, 6) is -0.549. The molecule has 1 aromatic carbocycles. The fourth-order valence-electron chi connectivity index (χ4n) is 2.34. The van der Waals surface area contributed by atoms with Crippen molar-refractivity contribution in [3.05, 3.63) is 35.4 Å². The molecule has 23 heavy (non-hydrogen) atoms. The van der Waals surface area contributed by atoms with Crippen LogP contribution in [0.25, 0.3) is 0 Å². The highest BCUT2D eigenvalue weighted by Gasteiger charge is 2.29. The molecule has 6 heteroatoms. The Balaban J connectivity index is 1.76. The van der Waals surface area contributed by atoms with Crippen molar-refractivity contribution in [2.24, 2.45) is 0 Å². The number of carbonyl (C=O) groups is 3. The lowest BCUT2D eigenvalue weighted by atomic mass is 9.86. The highest BCUT2D eigenvalue weighted by molar-refractivity contribution is 6.04. The van der Waals surface area contributed by atoms with Gasteiger partial charge in [0.05, 0.1) is 0 Å². The van der Waals surface area contributed by atoms with Crippen LogP contribution in [0.15, 0.2) is 24.3 Å². The quantitative estimate of drug-likeness (QED) is 0.714. The molecule has 0 radical (unpaired) electrons. The van der Waals surface area contributed by atoms with Gasteiger partial charge in [-0.2, -0.15) is 0 Å². The maximum Gasteiger partial charge on any atom is 0.322 e. The molecule has 0 spiro atoms. The summed E-state index contributed by atoms with van der Waals surface area (Å²) >= 11 is 0. The minimum absolute atomic E-state index is 0.110. The van der Waals surface area contributed by atoms with Crippen molar-refractivity contribution in [2.75, 3.05) is 6.54 Å². The first kappa shape index (κ1) is 17.0. The van der Waals surface area contributed by atoms with Crippen molar-refractivity contribution in [2.45, 2.75) is 45.1 Å². The van der Waals surface area contributed by atoms with Crippen LogP contribution in [0.3, 0.4) is 0 Å². The lowest BCUT2D eigenvalue weighted by Gasteiger charge is -2.19. The first-order chi connectivity index (χ1) is 10.8. The number of imide groups is 1. The maximum absolute atomic E-state index is 11.8. The summed E-state index contributed by atoms with van der Waals surface area (Å²) in [5.41, 5.74) is 2.47. The van der Waals surface area contributed by atoms with Gasteiger partial charge in [0.15, 0.2) is 0 Å². The topological polar surface area (TPSA) is 87.3 Å². The number of nitrogens with one attached hydrogen (secondary N) is 3. The van der Waals surface area contributed by atoms with Crippen LogP contribution in [0, 0.1) is 0 Å². The van der Waals surface area contributed by atoms with Crippen LogP contribution in [-0.2, 0) is 21.4 Å². The second-order valence-electron chi connectivity index (χ2n) is 6.77. The zero-order valence-corrected chi connectivity index (χ0v) is 13.7. The maximum atomic E-state index is 11.8. The van der Waals surface area contributed by atoms with Gasteiger partial charge in [0.1, 0.15) is 6.04 Å². The summed E-state index contributed by atoms with van der Waals surface area (Å²) in [6.07, 6.45) is 0.983. The summed E-state index contributed by atoms with van der Waals surface area (Å²) in [6.45, 7) is 6.59. The fraction of sp³-hybridized carbons (Fsp3) is 0.471. The molecule has 0 aliphatic carbocycles. The first-order valence-corrected chi connectivity index (χ1v) is 7.73. The molecule has 6 nitrogen and oxygen atoms in total. The van der Waals surface area contributed by atoms with Gasteiger partial charge in [-0.1, -0.05) is 45.0 Å². The monoisotopic (exact) mass is 317 g/mol. The van der Waals surface area contributed by atoms with Gasteiger partial charge in [-0.15, -0.1) is 0 Å². The summed E-state index contributed by atoms with van der Waals surface area (Å²) in [6, 6.07) is 7.06. The van der Waals surface area contributed by atoms with E-state index in [1.165, 1.54) is 5.56 Å². The van der Waals surface area contributed by atoms with E-state index in [0.717, 1.165) is 5.56 Å². The van der Waals surface area contributed by atoms with Crippen LogP contribution in [0.2, 0.25) is 0 Å². The molecule has 1 fully saturated rings. The van der Waals surface area contributed by atoms with Crippen molar-refractivity contribution < 1.29 is 14.4 Å². The lowest BCUT2D eigenvalue weighted by molar-refractivity contribution is -0.122. The van der Waals surface area contributed by atoms with Gasteiger partial charge >= 0.3 is 6.03 Å². The Labute approximate surface area is 136 Å². The van der Waals surface area contributed by atoms with E-state index in [9.17, 15) is 14.4 Å². The fourth-order valence-corrected chi connectivity index (χ4v) is 2.34. The van der Waals surface area contributed by atoms with E-state index in [1.54, 1.807) is 0 Å². The molecule has 0 saturated carbocycles. The van der Waals surface area contributed by atoms with E-state index in [4.69, 9.17) is 0 Å². The zero-order valence-electron chi connectivity index (χ0n) is 13.7. The smallest absolute Gasteiger partial charge is 0.322 e. The molecule has 0 aromatic heterocycles. The molecule has 1 aliphatic rings. The largest absolute Gasteiger partial charge is 0.353 e. The van der Waals surface area contributed by atoms with Gasteiger partial charge < -0.3 is 10.6 Å². The highest BCUT2D eigenvalue weighted by atomic mass is 16.2. The molecule has 1 saturated heterocycles. The minimum atomic E-state index is -0.683. The van der Waals surface area contributed by atoms with Gasteiger partial charge in [-0.3, -0.25) is 14.9 Å². The number of benzene rings is 1. The zero-order chi connectivity index (χ0) is 17.0. The Bertz CT molecular complexity index is 603. The van der Waals surface area contributed by atoms with Crippen LogP contribution < -0.4 is 16.0 Å². The van der Waals surface area contributed by atoms with Crippen molar-refractivity contribution in [1.29, 1.82) is 0 Å². The average Bonchev–Trinajstić information content (AvgIpc) is 2.80. The Morgan fingerprint density at radius 3 is 2.35 bits per heavy atom. The summed E-state index contributed by atoms with van der Waals surface area (Å²) in [4.78, 5) is 34.1. The van der Waals surface area contributed by atoms with Crippen LogP contribution in [-0.4, -0.2) is 30.4 Å². The molecular weight excluding hydrogens is 294 g/mol. The van der Waals surface area contributed by atoms with Crippen LogP contribution in [0.5, 0.6) is 0 Å². The van der Waals surface area contributed by atoms with E-state index in [-0.39, 0.29) is 17.9 Å². The second kappa shape index (κ2) is 6.81. The molecule has 4 amide bonds. The van der Waals surface area contributed by atoms with Gasteiger partial charge in [0, 0.05) is 13.0 Å². The number of carbonyl (C=O) groups excluding carboxylic acids is 3. The summed E-state index contributed by atoms with van der Waals surface area (Å²) in [5, 5.41) is 7.23. The third-order valence-corrected chi connectivity index (χ3v) is 3.82. The molecule has 2 rings (SSSR count). The molecule has 1 heterocycles. The number of rotatable bonds is 5. The SMILES string of the molecule is CC(C)(C)c1ccc(CCC(=O)NCC2NC(=O)NC2=O)cc1. The second-order valence-corrected chi connectivity index (χ2v) is 6.77. The van der Waals surface area contributed by atoms with Gasteiger partial charge in [-0.25, -0.2) is 4.79 Å². The highest BCUT2D eigenvalue weighted by Crippen LogP contribution is 2.22. The molecule has 1 unspecified atom stereocenters. The van der Waals surface area contributed by atoms with Crippen molar-refractivity contribution in [1.82, 2.24) is 16.0 Å². The first-order valence-electron chi connectivity index (χ1n) is 7.73. The molecule has 1 atom stereocenters. The molecule has 0 bridgehead atoms. The van der Waals surface area contributed by atoms with Crippen molar-refractivity contribution in [3.63, 3.8) is 0 Å². The van der Waals surface area contributed by atoms with Crippen LogP contribution in [0.4, 0.5) is 4.79 Å². The van der Waals surface area contributed by atoms with E-state index in [2.05, 4.69) is 48.9 Å². The number of urea groups is 1. The van der Waals surface area contributed by atoms with Gasteiger partial charge in [-0.05, 0) is 23.0 Å². The average molecular weight is 317 g/mol. The number of hydrogen-bond acceptors (Lipinski definition) is 3. The van der Waals surface area contributed by atoms with Crippen LogP contribution >= 0.6 is 0 Å². The Hall–Kier alpha value is -2.37. The number of aryl methyl sites for hydroxylation is 1. The minimum Gasteiger partial charge on any atom is -0.353 e. The van der Waals surface area contributed by atoms with E-state index in [0.29, 0.717) is 12.8 Å². The molecule has 1 aromatic rings. The Kier molecular flexibility index (Phi) is 5.03. The third kappa shape index (κ3) is 4.81. The molecule has 1 aliphatic heterocycles. The van der Waals surface area contributed by atoms with E-state index >= 15 is 0 Å². The van der Waals surface area contributed by atoms with Crippen molar-refractivity contribution in [3.8, 4) is 0 Å². The number of amides is 4. The normalized spacial score (nSPS) is 17.6. The van der Waals surface area contributed by atoms with Gasteiger partial charge in [0.2, 0.25) is 5.91 Å². The molecule has 3 N–H and O–H groups in total. The third-order valence-electron chi connectivity index (χ3n) is 3.82. The Morgan fingerprint density at radius 2 is 1.83 bits per heavy atom. The lowest BCUT2D eigenvalue weighted by Crippen LogP contribution is -2.41. The predicted molar refractivity (Wildman–Crippen MR) is 86.9 cm³/mol. The molecular formula is C17H23N3O3. The number of hydrogen-bond donors (Lipinski definition) is 3. The standard InChI is InChI=1S/C17H23N3O3/c1-17(2,3)12-7-4-11(5-8-12)6-9-14(21)18-10-13-15(22)20-16(23)19-13/h4-5,7-8,13H,6,9-10H2,1-3H3,(H,18,21)(H2,19,20,22,23). The summed E-state index contributed by atoms with van der Waals surface area (Å²) in [7, 11) is 0. The molecule has 124 valence electrons. The predicted octanol–water partition coefficient (Wildman–Crippen LogP) is 1.24. The van der Waals surface area contributed by atoms with E-state index < -0.39 is 18.0 Å². The van der Waals surface area contributed by atoms with Gasteiger partial charge in [0.25, 0.3) is 5.91 Å². The van der Waals surface area contributed by atoms with Crippen molar-refractivity contribution >= 4 is 17.8 Å². The van der Waals surface area contributed by atoms with Crippen LogP contribution in [0.1, 0.15) is 38.3 Å². The van der Waals surface area contributed by atoms with E-state index in [1.807, 2.05) is 12.1 Å². The summed E-state index contributed by atoms with van der Waals surface area (Å²) < 4.78 is 0.